The van der Waals surface area contributed by atoms with Gasteiger partial charge in [0.05, 0.1) is 19.2 Å². The third-order valence-electron chi connectivity index (χ3n) is 4.22. The first-order valence-electron chi connectivity index (χ1n) is 8.55. The lowest BCUT2D eigenvalue weighted by Crippen LogP contribution is -2.15. The van der Waals surface area contributed by atoms with Gasteiger partial charge in [0.15, 0.2) is 5.82 Å². The number of ether oxygens (including phenoxy) is 1. The second-order valence-electron chi connectivity index (χ2n) is 6.00. The van der Waals surface area contributed by atoms with Gasteiger partial charge in [0.25, 0.3) is 0 Å². The Bertz CT molecular complexity index is 1150. The molecule has 4 rings (SSSR count). The Balaban J connectivity index is 1.56. The van der Waals surface area contributed by atoms with Crippen LogP contribution in [0.2, 0.25) is 0 Å². The SMILES string of the molecule is COc1ccccc1-c1n[nH]c(=S)n1NCc1ccc(-c2ccc(Br)cc2)o1. The zero-order valence-electron chi connectivity index (χ0n) is 15.0. The second-order valence-corrected chi connectivity index (χ2v) is 7.30. The van der Waals surface area contributed by atoms with E-state index >= 15 is 0 Å². The smallest absolute Gasteiger partial charge is 0.214 e. The zero-order chi connectivity index (χ0) is 19.5. The van der Waals surface area contributed by atoms with E-state index in [2.05, 4.69) is 31.6 Å². The molecule has 0 radical (unpaired) electrons. The number of benzene rings is 2. The lowest BCUT2D eigenvalue weighted by atomic mass is 10.2. The highest BCUT2D eigenvalue weighted by Crippen LogP contribution is 2.28. The van der Waals surface area contributed by atoms with Gasteiger partial charge >= 0.3 is 0 Å². The summed E-state index contributed by atoms with van der Waals surface area (Å²) in [5, 5.41) is 7.16. The van der Waals surface area contributed by atoms with Gasteiger partial charge in [0.1, 0.15) is 17.3 Å². The molecule has 0 aliphatic heterocycles. The maximum absolute atomic E-state index is 5.96. The Hall–Kier alpha value is -2.84. The van der Waals surface area contributed by atoms with E-state index in [1.165, 1.54) is 0 Å². The molecule has 0 amide bonds. The van der Waals surface area contributed by atoms with Crippen molar-refractivity contribution in [3.05, 3.63) is 75.7 Å². The molecule has 8 heteroatoms. The number of methoxy groups -OCH3 is 1. The summed E-state index contributed by atoms with van der Waals surface area (Å²) in [5.41, 5.74) is 5.11. The van der Waals surface area contributed by atoms with Crippen molar-refractivity contribution < 1.29 is 9.15 Å². The van der Waals surface area contributed by atoms with Crippen LogP contribution < -0.4 is 10.2 Å². The third kappa shape index (κ3) is 3.74. The number of hydrogen-bond acceptors (Lipinski definition) is 5. The Morgan fingerprint density at radius 3 is 2.71 bits per heavy atom. The van der Waals surface area contributed by atoms with Crippen LogP contribution in [0.4, 0.5) is 0 Å². The quantitative estimate of drug-likeness (QED) is 0.381. The van der Waals surface area contributed by atoms with E-state index in [1.807, 2.05) is 60.7 Å². The number of para-hydroxylation sites is 1. The molecule has 2 N–H and O–H groups in total. The molecule has 2 aromatic heterocycles. The molecule has 0 saturated heterocycles. The molecule has 2 heterocycles. The third-order valence-corrected chi connectivity index (χ3v) is 5.02. The average molecular weight is 457 g/mol. The summed E-state index contributed by atoms with van der Waals surface area (Å²) in [7, 11) is 1.63. The number of aromatic amines is 1. The monoisotopic (exact) mass is 456 g/mol. The molecule has 0 spiro atoms. The summed E-state index contributed by atoms with van der Waals surface area (Å²) in [6, 6.07) is 19.5. The highest BCUT2D eigenvalue weighted by atomic mass is 79.9. The molecule has 0 fully saturated rings. The van der Waals surface area contributed by atoms with Gasteiger partial charge in [-0.3, -0.25) is 0 Å². The fourth-order valence-electron chi connectivity index (χ4n) is 2.85. The van der Waals surface area contributed by atoms with Crippen LogP contribution in [0.15, 0.2) is 69.6 Å². The number of nitrogens with one attached hydrogen (secondary N) is 2. The summed E-state index contributed by atoms with van der Waals surface area (Å²) >= 11 is 8.81. The first-order valence-corrected chi connectivity index (χ1v) is 9.75. The van der Waals surface area contributed by atoms with Gasteiger partial charge in [0.2, 0.25) is 4.77 Å². The lowest BCUT2D eigenvalue weighted by molar-refractivity contribution is 0.416. The van der Waals surface area contributed by atoms with E-state index in [0.717, 1.165) is 32.9 Å². The summed E-state index contributed by atoms with van der Waals surface area (Å²) in [5.74, 6) is 2.95. The first-order chi connectivity index (χ1) is 13.7. The number of halogens is 1. The zero-order valence-corrected chi connectivity index (χ0v) is 17.4. The fraction of sp³-hybridized carbons (Fsp3) is 0.100. The van der Waals surface area contributed by atoms with Gasteiger partial charge < -0.3 is 14.6 Å². The molecule has 4 aromatic rings. The second kappa shape index (κ2) is 8.04. The van der Waals surface area contributed by atoms with Crippen molar-refractivity contribution in [2.75, 3.05) is 12.5 Å². The molecular weight excluding hydrogens is 440 g/mol. The Morgan fingerprint density at radius 2 is 1.93 bits per heavy atom. The molecule has 0 aliphatic carbocycles. The minimum atomic E-state index is 0.451. The van der Waals surface area contributed by atoms with E-state index < -0.39 is 0 Å². The molecule has 0 atom stereocenters. The molecule has 0 aliphatic rings. The van der Waals surface area contributed by atoms with Crippen LogP contribution >= 0.6 is 28.1 Å². The number of H-pyrrole nitrogens is 1. The number of furan rings is 1. The van der Waals surface area contributed by atoms with Crippen molar-refractivity contribution in [1.29, 1.82) is 0 Å². The van der Waals surface area contributed by atoms with Gasteiger partial charge in [-0.2, -0.15) is 5.10 Å². The highest BCUT2D eigenvalue weighted by molar-refractivity contribution is 9.10. The van der Waals surface area contributed by atoms with Crippen molar-refractivity contribution in [2.24, 2.45) is 0 Å². The van der Waals surface area contributed by atoms with Crippen LogP contribution in [-0.4, -0.2) is 22.0 Å². The Morgan fingerprint density at radius 1 is 1.14 bits per heavy atom. The average Bonchev–Trinajstić information content (AvgIpc) is 3.33. The molecule has 6 nitrogen and oxygen atoms in total. The highest BCUT2D eigenvalue weighted by Gasteiger charge is 2.14. The molecule has 0 bridgehead atoms. The van der Waals surface area contributed by atoms with E-state index in [9.17, 15) is 0 Å². The standard InChI is InChI=1S/C20H17BrN4O2S/c1-26-18-5-3-2-4-16(18)19-23-24-20(28)25(19)22-12-15-10-11-17(27-15)13-6-8-14(21)9-7-13/h2-11,22H,12H2,1H3,(H,24,28). The largest absolute Gasteiger partial charge is 0.496 e. The minimum absolute atomic E-state index is 0.451. The van der Waals surface area contributed by atoms with Crippen molar-refractivity contribution >= 4 is 28.1 Å². The molecule has 2 aromatic carbocycles. The normalized spacial score (nSPS) is 10.8. The van der Waals surface area contributed by atoms with Crippen LogP contribution in [-0.2, 0) is 6.54 Å². The van der Waals surface area contributed by atoms with Crippen molar-refractivity contribution in [1.82, 2.24) is 14.9 Å². The molecule has 142 valence electrons. The fourth-order valence-corrected chi connectivity index (χ4v) is 3.31. The lowest BCUT2D eigenvalue weighted by Gasteiger charge is -2.11. The van der Waals surface area contributed by atoms with Gasteiger partial charge in [-0.25, -0.2) is 9.77 Å². The van der Waals surface area contributed by atoms with Crippen LogP contribution in [0.25, 0.3) is 22.7 Å². The topological polar surface area (TPSA) is 68.0 Å². The molecule has 28 heavy (non-hydrogen) atoms. The van der Waals surface area contributed by atoms with Gasteiger partial charge in [-0.15, -0.1) is 0 Å². The van der Waals surface area contributed by atoms with E-state index in [-0.39, 0.29) is 0 Å². The van der Waals surface area contributed by atoms with E-state index in [1.54, 1.807) is 11.8 Å². The summed E-state index contributed by atoms with van der Waals surface area (Å²) in [6.07, 6.45) is 0. The van der Waals surface area contributed by atoms with Crippen molar-refractivity contribution in [3.63, 3.8) is 0 Å². The molecular formula is C20H17BrN4O2S. The van der Waals surface area contributed by atoms with Crippen LogP contribution in [0.3, 0.4) is 0 Å². The maximum Gasteiger partial charge on any atom is 0.214 e. The number of rotatable bonds is 6. The summed E-state index contributed by atoms with van der Waals surface area (Å²) in [6.45, 7) is 0.451. The predicted molar refractivity (Wildman–Crippen MR) is 114 cm³/mol. The van der Waals surface area contributed by atoms with Crippen molar-refractivity contribution in [3.8, 4) is 28.5 Å². The van der Waals surface area contributed by atoms with Gasteiger partial charge in [-0.1, -0.05) is 40.2 Å². The van der Waals surface area contributed by atoms with Crippen molar-refractivity contribution in [2.45, 2.75) is 6.54 Å². The Labute approximate surface area is 175 Å². The first kappa shape index (κ1) is 18.5. The van der Waals surface area contributed by atoms with Crippen LogP contribution in [0.1, 0.15) is 5.76 Å². The number of hydrogen-bond donors (Lipinski definition) is 2. The van der Waals surface area contributed by atoms with Crippen LogP contribution in [0.5, 0.6) is 5.75 Å². The summed E-state index contributed by atoms with van der Waals surface area (Å²) < 4.78 is 14.6. The molecule has 0 unspecified atom stereocenters. The summed E-state index contributed by atoms with van der Waals surface area (Å²) in [4.78, 5) is 0. The van der Waals surface area contributed by atoms with Crippen LogP contribution in [0, 0.1) is 4.77 Å². The van der Waals surface area contributed by atoms with Gasteiger partial charge in [0, 0.05) is 10.0 Å². The van der Waals surface area contributed by atoms with Gasteiger partial charge in [-0.05, 0) is 48.6 Å². The predicted octanol–water partition coefficient (Wildman–Crippen LogP) is 5.38. The maximum atomic E-state index is 5.96. The van der Waals surface area contributed by atoms with E-state index in [0.29, 0.717) is 17.1 Å². The number of nitrogens with zero attached hydrogens (tertiary/aromatic N) is 2. The minimum Gasteiger partial charge on any atom is -0.496 e. The number of aromatic nitrogens is 3. The van der Waals surface area contributed by atoms with E-state index in [4.69, 9.17) is 21.4 Å². The Kier molecular flexibility index (Phi) is 5.31. The molecule has 0 saturated carbocycles.